The highest BCUT2D eigenvalue weighted by Crippen LogP contribution is 2.28. The smallest absolute Gasteiger partial charge is 0.408 e. The zero-order valence-electron chi connectivity index (χ0n) is 22.0. The zero-order valence-corrected chi connectivity index (χ0v) is 22.0. The van der Waals surface area contributed by atoms with Gasteiger partial charge in [0.05, 0.1) is 0 Å². The molecule has 0 aromatic heterocycles. The van der Waals surface area contributed by atoms with Crippen molar-refractivity contribution in [1.29, 1.82) is 0 Å². The summed E-state index contributed by atoms with van der Waals surface area (Å²) in [6.07, 6.45) is 1.71. The molecule has 0 saturated carbocycles. The molecule has 34 heavy (non-hydrogen) atoms. The molecule has 0 radical (unpaired) electrons. The maximum atomic E-state index is 13.9. The minimum absolute atomic E-state index is 0.0698. The number of alkyl carbamates (subject to hydrolysis) is 1. The molecule has 0 spiro atoms. The van der Waals surface area contributed by atoms with Crippen LogP contribution in [-0.2, 0) is 14.3 Å². The van der Waals surface area contributed by atoms with Crippen molar-refractivity contribution in [3.05, 3.63) is 29.8 Å². The van der Waals surface area contributed by atoms with Gasteiger partial charge in [-0.3, -0.25) is 9.59 Å². The summed E-state index contributed by atoms with van der Waals surface area (Å²) in [6, 6.07) is 4.15. The van der Waals surface area contributed by atoms with Crippen LogP contribution in [0.1, 0.15) is 86.3 Å². The number of carbonyl (C=O) groups is 3. The molecule has 1 aromatic rings. The fourth-order valence-electron chi connectivity index (χ4n) is 3.54. The fraction of sp³-hybridized carbons (Fsp3) is 0.654. The van der Waals surface area contributed by atoms with Crippen molar-refractivity contribution in [2.24, 2.45) is 5.92 Å². The van der Waals surface area contributed by atoms with E-state index in [4.69, 9.17) is 4.74 Å². The van der Waals surface area contributed by atoms with Gasteiger partial charge in [0.1, 0.15) is 23.4 Å². The monoisotopic (exact) mass is 477 g/mol. The minimum Gasteiger partial charge on any atom is -0.508 e. The van der Waals surface area contributed by atoms with Crippen LogP contribution in [0.15, 0.2) is 24.3 Å². The predicted octanol–water partition coefficient (Wildman–Crippen LogP) is 4.53. The molecule has 0 aliphatic carbocycles. The molecular formula is C26H43N3O5. The van der Waals surface area contributed by atoms with E-state index in [-0.39, 0.29) is 29.5 Å². The van der Waals surface area contributed by atoms with Crippen LogP contribution in [0.3, 0.4) is 0 Å². The Bertz CT molecular complexity index is 802. The van der Waals surface area contributed by atoms with Gasteiger partial charge in [-0.15, -0.1) is 0 Å². The van der Waals surface area contributed by atoms with Gasteiger partial charge in [0.2, 0.25) is 11.8 Å². The topological polar surface area (TPSA) is 108 Å². The molecule has 8 heteroatoms. The van der Waals surface area contributed by atoms with Crippen molar-refractivity contribution >= 4 is 17.9 Å². The molecule has 3 atom stereocenters. The van der Waals surface area contributed by atoms with E-state index in [1.54, 1.807) is 32.9 Å². The van der Waals surface area contributed by atoms with E-state index < -0.39 is 23.8 Å². The summed E-state index contributed by atoms with van der Waals surface area (Å²) in [5.74, 6) is -0.787. The molecule has 3 amide bonds. The average Bonchev–Trinajstić information content (AvgIpc) is 2.74. The van der Waals surface area contributed by atoms with Crippen molar-refractivity contribution in [2.45, 2.75) is 98.4 Å². The number of benzene rings is 1. The van der Waals surface area contributed by atoms with Crippen LogP contribution in [-0.4, -0.2) is 52.1 Å². The van der Waals surface area contributed by atoms with Crippen LogP contribution in [0.25, 0.3) is 0 Å². The zero-order chi connectivity index (χ0) is 26.1. The second-order valence-corrected chi connectivity index (χ2v) is 9.99. The first-order valence-corrected chi connectivity index (χ1v) is 12.2. The molecule has 0 saturated heterocycles. The van der Waals surface area contributed by atoms with Crippen LogP contribution < -0.4 is 10.6 Å². The van der Waals surface area contributed by atoms with Crippen molar-refractivity contribution < 1.29 is 24.2 Å². The lowest BCUT2D eigenvalue weighted by molar-refractivity contribution is -0.145. The van der Waals surface area contributed by atoms with E-state index in [9.17, 15) is 19.5 Å². The number of amides is 3. The van der Waals surface area contributed by atoms with Gasteiger partial charge < -0.3 is 25.4 Å². The molecule has 3 unspecified atom stereocenters. The number of aromatic hydroxyl groups is 1. The molecule has 0 fully saturated rings. The first kappa shape index (κ1) is 29.3. The van der Waals surface area contributed by atoms with Crippen molar-refractivity contribution in [2.75, 3.05) is 6.54 Å². The summed E-state index contributed by atoms with van der Waals surface area (Å²) in [6.45, 7) is 15.3. The molecule has 0 heterocycles. The Labute approximate surface area is 204 Å². The Morgan fingerprint density at radius 2 is 1.65 bits per heavy atom. The van der Waals surface area contributed by atoms with E-state index in [1.807, 2.05) is 34.6 Å². The highest BCUT2D eigenvalue weighted by atomic mass is 16.6. The molecular weight excluding hydrogens is 434 g/mol. The number of ether oxygens (including phenoxy) is 1. The number of rotatable bonds is 11. The molecule has 0 aliphatic rings. The molecule has 192 valence electrons. The molecule has 1 aromatic carbocycles. The second kappa shape index (κ2) is 13.2. The summed E-state index contributed by atoms with van der Waals surface area (Å²) in [4.78, 5) is 41.4. The number of carbonyl (C=O) groups excluding carboxylic acids is 3. The highest BCUT2D eigenvalue weighted by Gasteiger charge is 2.39. The Kier molecular flexibility index (Phi) is 11.4. The Morgan fingerprint density at radius 3 is 2.12 bits per heavy atom. The van der Waals surface area contributed by atoms with E-state index in [1.165, 1.54) is 17.0 Å². The van der Waals surface area contributed by atoms with Crippen LogP contribution in [0, 0.1) is 5.92 Å². The van der Waals surface area contributed by atoms with Gasteiger partial charge in [-0.25, -0.2) is 4.79 Å². The third-order valence-corrected chi connectivity index (χ3v) is 5.53. The quantitative estimate of drug-likeness (QED) is 0.406. The Morgan fingerprint density at radius 1 is 1.06 bits per heavy atom. The van der Waals surface area contributed by atoms with Gasteiger partial charge in [-0.2, -0.15) is 0 Å². The summed E-state index contributed by atoms with van der Waals surface area (Å²) in [5, 5.41) is 15.4. The average molecular weight is 478 g/mol. The number of nitrogens with one attached hydrogen (secondary N) is 2. The number of unbranched alkanes of at least 4 members (excludes halogenated alkanes) is 1. The molecule has 3 N–H and O–H groups in total. The van der Waals surface area contributed by atoms with E-state index in [0.717, 1.165) is 12.8 Å². The van der Waals surface area contributed by atoms with Gasteiger partial charge in [0.15, 0.2) is 0 Å². The number of nitrogens with zero attached hydrogens (tertiary/aromatic N) is 1. The van der Waals surface area contributed by atoms with Crippen LogP contribution in [0.4, 0.5) is 4.79 Å². The summed E-state index contributed by atoms with van der Waals surface area (Å²) in [7, 11) is 0. The lowest BCUT2D eigenvalue weighted by atomic mass is 9.95. The molecule has 1 rings (SSSR count). The maximum absolute atomic E-state index is 13.9. The van der Waals surface area contributed by atoms with Gasteiger partial charge in [0.25, 0.3) is 0 Å². The van der Waals surface area contributed by atoms with Gasteiger partial charge in [-0.1, -0.05) is 45.7 Å². The third-order valence-electron chi connectivity index (χ3n) is 5.53. The number of phenols is 1. The lowest BCUT2D eigenvalue weighted by Gasteiger charge is -2.38. The molecule has 0 aliphatic heterocycles. The number of phenolic OH excluding ortho intramolecular Hbond substituents is 1. The highest BCUT2D eigenvalue weighted by molar-refractivity contribution is 5.92. The first-order valence-electron chi connectivity index (χ1n) is 12.2. The van der Waals surface area contributed by atoms with Crippen molar-refractivity contribution in [1.82, 2.24) is 15.5 Å². The maximum Gasteiger partial charge on any atom is 0.408 e. The van der Waals surface area contributed by atoms with Gasteiger partial charge in [0, 0.05) is 12.6 Å². The summed E-state index contributed by atoms with van der Waals surface area (Å²) in [5.41, 5.74) is -0.132. The lowest BCUT2D eigenvalue weighted by Crippen LogP contribution is -2.57. The number of hydrogen-bond donors (Lipinski definition) is 3. The van der Waals surface area contributed by atoms with E-state index in [0.29, 0.717) is 18.5 Å². The Hall–Kier alpha value is -2.77. The first-order chi connectivity index (χ1) is 15.8. The molecule has 8 nitrogen and oxygen atoms in total. The number of hydrogen-bond acceptors (Lipinski definition) is 5. The largest absolute Gasteiger partial charge is 0.508 e. The SMILES string of the molecule is CCCCNC(=O)C(c1ccc(O)cc1)N(C(=O)C(NC(=O)OC(C)(C)C)C(C)CC)C(C)C. The van der Waals surface area contributed by atoms with Crippen LogP contribution >= 0.6 is 0 Å². The van der Waals surface area contributed by atoms with E-state index >= 15 is 0 Å². The fourth-order valence-corrected chi connectivity index (χ4v) is 3.54. The second-order valence-electron chi connectivity index (χ2n) is 9.99. The predicted molar refractivity (Wildman–Crippen MR) is 133 cm³/mol. The summed E-state index contributed by atoms with van der Waals surface area (Å²) >= 11 is 0. The van der Waals surface area contributed by atoms with Crippen molar-refractivity contribution in [3.63, 3.8) is 0 Å². The third kappa shape index (κ3) is 8.88. The summed E-state index contributed by atoms with van der Waals surface area (Å²) < 4.78 is 5.40. The van der Waals surface area contributed by atoms with Crippen LogP contribution in [0.5, 0.6) is 5.75 Å². The van der Waals surface area contributed by atoms with Gasteiger partial charge >= 0.3 is 6.09 Å². The standard InChI is InChI=1S/C26H43N3O5/c1-9-11-16-27-23(31)22(19-12-14-20(30)15-13-19)29(17(3)4)24(32)21(18(5)10-2)28-25(33)34-26(6,7)8/h12-15,17-18,21-22,30H,9-11,16H2,1-8H3,(H,27,31)(H,28,33). The van der Waals surface area contributed by atoms with Crippen molar-refractivity contribution in [3.8, 4) is 5.75 Å². The normalized spacial score (nSPS) is 14.1. The van der Waals surface area contributed by atoms with E-state index in [2.05, 4.69) is 10.6 Å². The minimum atomic E-state index is -0.919. The Balaban J connectivity index is 3.41. The molecule has 0 bridgehead atoms. The van der Waals surface area contributed by atoms with Crippen LogP contribution in [0.2, 0.25) is 0 Å². The van der Waals surface area contributed by atoms with Gasteiger partial charge in [-0.05, 0) is 64.7 Å².